The third kappa shape index (κ3) is 3.79. The third-order valence-electron chi connectivity index (χ3n) is 3.13. The summed E-state index contributed by atoms with van der Waals surface area (Å²) in [6, 6.07) is 13.8. The standard InChI is InChI=1S/C16H15FINO/c1-11(12-6-8-13(17)9-7-12)10-19-16(20)14-4-2-3-5-15(14)18/h2-9,11H,10H2,1H3,(H,19,20). The van der Waals surface area contributed by atoms with E-state index in [-0.39, 0.29) is 17.6 Å². The second kappa shape index (κ2) is 6.83. The highest BCUT2D eigenvalue weighted by molar-refractivity contribution is 14.1. The molecule has 1 N–H and O–H groups in total. The van der Waals surface area contributed by atoms with Crippen molar-refractivity contribution in [1.82, 2.24) is 5.32 Å². The van der Waals surface area contributed by atoms with Crippen LogP contribution in [-0.2, 0) is 0 Å². The van der Waals surface area contributed by atoms with E-state index in [1.165, 1.54) is 12.1 Å². The molecular formula is C16H15FINO. The van der Waals surface area contributed by atoms with Gasteiger partial charge in [0.15, 0.2) is 0 Å². The van der Waals surface area contributed by atoms with Crippen LogP contribution in [0, 0.1) is 9.39 Å². The van der Waals surface area contributed by atoms with Crippen LogP contribution in [0.4, 0.5) is 4.39 Å². The van der Waals surface area contributed by atoms with Crippen molar-refractivity contribution in [2.75, 3.05) is 6.54 Å². The van der Waals surface area contributed by atoms with Gasteiger partial charge in [0.05, 0.1) is 5.56 Å². The predicted molar refractivity (Wildman–Crippen MR) is 86.3 cm³/mol. The molecule has 0 saturated carbocycles. The molecule has 1 unspecified atom stereocenters. The Morgan fingerprint density at radius 3 is 2.50 bits per heavy atom. The second-order valence-electron chi connectivity index (χ2n) is 4.64. The van der Waals surface area contributed by atoms with Gasteiger partial charge in [-0.05, 0) is 58.3 Å². The molecule has 1 atom stereocenters. The van der Waals surface area contributed by atoms with E-state index in [1.807, 2.05) is 25.1 Å². The number of carbonyl (C=O) groups is 1. The first kappa shape index (κ1) is 15.0. The van der Waals surface area contributed by atoms with Gasteiger partial charge in [0.1, 0.15) is 5.82 Å². The SMILES string of the molecule is CC(CNC(=O)c1ccccc1I)c1ccc(F)cc1. The minimum absolute atomic E-state index is 0.0797. The van der Waals surface area contributed by atoms with Gasteiger partial charge < -0.3 is 5.32 Å². The van der Waals surface area contributed by atoms with Gasteiger partial charge in [0.2, 0.25) is 0 Å². The van der Waals surface area contributed by atoms with Gasteiger partial charge in [-0.1, -0.05) is 31.2 Å². The molecule has 0 aliphatic heterocycles. The number of benzene rings is 2. The summed E-state index contributed by atoms with van der Waals surface area (Å²) in [4.78, 5) is 12.1. The Balaban J connectivity index is 1.97. The first-order valence-electron chi connectivity index (χ1n) is 6.36. The Kier molecular flexibility index (Phi) is 5.11. The average Bonchev–Trinajstić information content (AvgIpc) is 2.45. The van der Waals surface area contributed by atoms with Crippen LogP contribution in [0.15, 0.2) is 48.5 Å². The highest BCUT2D eigenvalue weighted by atomic mass is 127. The topological polar surface area (TPSA) is 29.1 Å². The monoisotopic (exact) mass is 383 g/mol. The van der Waals surface area contributed by atoms with Gasteiger partial charge in [-0.3, -0.25) is 4.79 Å². The van der Waals surface area contributed by atoms with Gasteiger partial charge in [-0.2, -0.15) is 0 Å². The van der Waals surface area contributed by atoms with E-state index in [2.05, 4.69) is 27.9 Å². The summed E-state index contributed by atoms with van der Waals surface area (Å²) < 4.78 is 13.8. The van der Waals surface area contributed by atoms with E-state index in [1.54, 1.807) is 18.2 Å². The van der Waals surface area contributed by atoms with Gasteiger partial charge in [0.25, 0.3) is 5.91 Å². The molecule has 0 heterocycles. The smallest absolute Gasteiger partial charge is 0.252 e. The molecule has 2 rings (SSSR count). The molecule has 20 heavy (non-hydrogen) atoms. The Bertz CT molecular complexity index is 598. The summed E-state index contributed by atoms with van der Waals surface area (Å²) in [6.45, 7) is 2.53. The molecule has 2 aromatic rings. The van der Waals surface area contributed by atoms with Crippen LogP contribution in [0.3, 0.4) is 0 Å². The summed E-state index contributed by atoms with van der Waals surface area (Å²) in [6.07, 6.45) is 0. The van der Waals surface area contributed by atoms with Gasteiger partial charge in [0, 0.05) is 10.1 Å². The fraction of sp³-hybridized carbons (Fsp3) is 0.188. The van der Waals surface area contributed by atoms with E-state index in [4.69, 9.17) is 0 Å². The molecule has 0 bridgehead atoms. The zero-order chi connectivity index (χ0) is 14.5. The third-order valence-corrected chi connectivity index (χ3v) is 4.07. The van der Waals surface area contributed by atoms with Crippen LogP contribution in [-0.4, -0.2) is 12.5 Å². The van der Waals surface area contributed by atoms with Crippen molar-refractivity contribution in [2.24, 2.45) is 0 Å². The van der Waals surface area contributed by atoms with Crippen molar-refractivity contribution in [3.8, 4) is 0 Å². The van der Waals surface area contributed by atoms with E-state index in [9.17, 15) is 9.18 Å². The predicted octanol–water partition coefficient (Wildman–Crippen LogP) is 3.96. The zero-order valence-electron chi connectivity index (χ0n) is 11.1. The average molecular weight is 383 g/mol. The Labute approximate surface area is 131 Å². The largest absolute Gasteiger partial charge is 0.351 e. The van der Waals surface area contributed by atoms with Crippen molar-refractivity contribution in [1.29, 1.82) is 0 Å². The van der Waals surface area contributed by atoms with Crippen LogP contribution < -0.4 is 5.32 Å². The van der Waals surface area contributed by atoms with Crippen LogP contribution in [0.25, 0.3) is 0 Å². The van der Waals surface area contributed by atoms with Crippen LogP contribution in [0.2, 0.25) is 0 Å². The molecule has 0 aliphatic carbocycles. The molecule has 0 spiro atoms. The fourth-order valence-corrected chi connectivity index (χ4v) is 2.53. The Hall–Kier alpha value is -1.43. The first-order chi connectivity index (χ1) is 9.58. The quantitative estimate of drug-likeness (QED) is 0.796. The number of hydrogen-bond donors (Lipinski definition) is 1. The lowest BCUT2D eigenvalue weighted by molar-refractivity contribution is 0.0951. The lowest BCUT2D eigenvalue weighted by atomic mass is 10.0. The van der Waals surface area contributed by atoms with Gasteiger partial charge in [-0.25, -0.2) is 4.39 Å². The molecule has 0 radical (unpaired) electrons. The molecule has 0 aliphatic rings. The molecule has 104 valence electrons. The van der Waals surface area contributed by atoms with Crippen LogP contribution in [0.5, 0.6) is 0 Å². The molecule has 2 aromatic carbocycles. The fourth-order valence-electron chi connectivity index (χ4n) is 1.90. The number of rotatable bonds is 4. The number of amides is 1. The maximum Gasteiger partial charge on any atom is 0.252 e. The van der Waals surface area contributed by atoms with Crippen molar-refractivity contribution < 1.29 is 9.18 Å². The minimum Gasteiger partial charge on any atom is -0.351 e. The number of hydrogen-bond acceptors (Lipinski definition) is 1. The van der Waals surface area contributed by atoms with E-state index < -0.39 is 0 Å². The lowest BCUT2D eigenvalue weighted by Gasteiger charge is -2.13. The molecule has 1 amide bonds. The summed E-state index contributed by atoms with van der Waals surface area (Å²) in [7, 11) is 0. The molecule has 4 heteroatoms. The summed E-state index contributed by atoms with van der Waals surface area (Å²) in [5, 5.41) is 2.92. The Morgan fingerprint density at radius 2 is 1.85 bits per heavy atom. The summed E-state index contributed by atoms with van der Waals surface area (Å²) in [5.41, 5.74) is 1.69. The minimum atomic E-state index is -0.246. The highest BCUT2D eigenvalue weighted by Gasteiger charge is 2.11. The van der Waals surface area contributed by atoms with Crippen molar-refractivity contribution in [3.05, 3.63) is 69.0 Å². The summed E-state index contributed by atoms with van der Waals surface area (Å²) in [5.74, 6) is -0.186. The van der Waals surface area contributed by atoms with Crippen molar-refractivity contribution in [3.63, 3.8) is 0 Å². The number of carbonyl (C=O) groups excluding carboxylic acids is 1. The first-order valence-corrected chi connectivity index (χ1v) is 7.44. The van der Waals surface area contributed by atoms with Crippen molar-refractivity contribution in [2.45, 2.75) is 12.8 Å². The van der Waals surface area contributed by atoms with Gasteiger partial charge >= 0.3 is 0 Å². The number of halogens is 2. The highest BCUT2D eigenvalue weighted by Crippen LogP contribution is 2.15. The molecular weight excluding hydrogens is 368 g/mol. The Morgan fingerprint density at radius 1 is 1.20 bits per heavy atom. The molecule has 0 fully saturated rings. The molecule has 0 saturated heterocycles. The van der Waals surface area contributed by atoms with Gasteiger partial charge in [-0.15, -0.1) is 0 Å². The number of nitrogens with one attached hydrogen (secondary N) is 1. The maximum atomic E-state index is 12.9. The van der Waals surface area contributed by atoms with E-state index in [0.717, 1.165) is 9.13 Å². The zero-order valence-corrected chi connectivity index (χ0v) is 13.2. The van der Waals surface area contributed by atoms with Crippen molar-refractivity contribution >= 4 is 28.5 Å². The van der Waals surface area contributed by atoms with Crippen LogP contribution in [0.1, 0.15) is 28.8 Å². The molecule has 2 nitrogen and oxygen atoms in total. The normalized spacial score (nSPS) is 11.9. The van der Waals surface area contributed by atoms with Crippen LogP contribution >= 0.6 is 22.6 Å². The summed E-state index contributed by atoms with van der Waals surface area (Å²) >= 11 is 2.15. The molecule has 0 aromatic heterocycles. The maximum absolute atomic E-state index is 12.9. The van der Waals surface area contributed by atoms with E-state index in [0.29, 0.717) is 12.1 Å². The second-order valence-corrected chi connectivity index (χ2v) is 5.80. The lowest BCUT2D eigenvalue weighted by Crippen LogP contribution is -2.28. The van der Waals surface area contributed by atoms with E-state index >= 15 is 0 Å².